The molecule has 1 atom stereocenters. The molecule has 4 heteroatoms. The van der Waals surface area contributed by atoms with Crippen LogP contribution in [0.15, 0.2) is 52.9 Å². The molecule has 1 heterocycles. The van der Waals surface area contributed by atoms with E-state index in [4.69, 9.17) is 14.9 Å². The second kappa shape index (κ2) is 5.31. The van der Waals surface area contributed by atoms with E-state index in [-0.39, 0.29) is 11.8 Å². The third-order valence-corrected chi connectivity index (χ3v) is 3.27. The molecule has 0 aliphatic rings. The standard InChI is InChI=1S/C17H14N2O2/c1-11(19)12-6-2-4-8-14(12)21-17-13-7-3-5-9-15(13)20-16(17)10-18/h2-9,11H,19H2,1H3/t11-/m1/s1. The van der Waals surface area contributed by atoms with Crippen LogP contribution in [0.1, 0.15) is 24.3 Å². The van der Waals surface area contributed by atoms with Gasteiger partial charge in [-0.2, -0.15) is 5.26 Å². The van der Waals surface area contributed by atoms with Gasteiger partial charge in [-0.25, -0.2) is 0 Å². The maximum absolute atomic E-state index is 9.23. The van der Waals surface area contributed by atoms with Gasteiger partial charge < -0.3 is 14.9 Å². The lowest BCUT2D eigenvalue weighted by molar-refractivity contribution is 0.458. The zero-order valence-corrected chi connectivity index (χ0v) is 11.5. The Hall–Kier alpha value is -2.77. The first-order valence-electron chi connectivity index (χ1n) is 6.64. The lowest BCUT2D eigenvalue weighted by Gasteiger charge is -2.12. The molecular weight excluding hydrogens is 264 g/mol. The van der Waals surface area contributed by atoms with Gasteiger partial charge in [0.15, 0.2) is 5.75 Å². The highest BCUT2D eigenvalue weighted by Crippen LogP contribution is 2.37. The van der Waals surface area contributed by atoms with E-state index < -0.39 is 0 Å². The average molecular weight is 278 g/mol. The van der Waals surface area contributed by atoms with Crippen molar-refractivity contribution < 1.29 is 9.15 Å². The van der Waals surface area contributed by atoms with E-state index in [0.29, 0.717) is 17.1 Å². The van der Waals surface area contributed by atoms with Crippen LogP contribution >= 0.6 is 0 Å². The quantitative estimate of drug-likeness (QED) is 0.782. The predicted octanol–water partition coefficient (Wildman–Crippen LogP) is 4.12. The molecular formula is C17H14N2O2. The highest BCUT2D eigenvalue weighted by Gasteiger charge is 2.17. The fourth-order valence-corrected chi connectivity index (χ4v) is 2.26. The zero-order valence-electron chi connectivity index (χ0n) is 11.5. The first-order valence-corrected chi connectivity index (χ1v) is 6.64. The number of para-hydroxylation sites is 2. The van der Waals surface area contributed by atoms with Crippen molar-refractivity contribution in [2.45, 2.75) is 13.0 Å². The van der Waals surface area contributed by atoms with Gasteiger partial charge in [-0.1, -0.05) is 30.3 Å². The Balaban J connectivity index is 2.13. The number of benzene rings is 2. The van der Waals surface area contributed by atoms with Crippen molar-refractivity contribution in [2.24, 2.45) is 5.73 Å². The number of hydrogen-bond donors (Lipinski definition) is 1. The van der Waals surface area contributed by atoms with Gasteiger partial charge in [-0.3, -0.25) is 0 Å². The van der Waals surface area contributed by atoms with E-state index in [1.165, 1.54) is 0 Å². The Morgan fingerprint density at radius 1 is 1.14 bits per heavy atom. The molecule has 3 rings (SSSR count). The summed E-state index contributed by atoms with van der Waals surface area (Å²) in [7, 11) is 0. The van der Waals surface area contributed by atoms with E-state index in [2.05, 4.69) is 0 Å². The number of furan rings is 1. The molecule has 104 valence electrons. The number of nitriles is 1. The van der Waals surface area contributed by atoms with Gasteiger partial charge in [-0.15, -0.1) is 0 Å². The van der Waals surface area contributed by atoms with Crippen molar-refractivity contribution in [1.29, 1.82) is 5.26 Å². The molecule has 0 amide bonds. The van der Waals surface area contributed by atoms with Crippen LogP contribution in [0.3, 0.4) is 0 Å². The van der Waals surface area contributed by atoms with Crippen LogP contribution in [-0.4, -0.2) is 0 Å². The van der Waals surface area contributed by atoms with Gasteiger partial charge in [0.1, 0.15) is 17.4 Å². The molecule has 0 spiro atoms. The lowest BCUT2D eigenvalue weighted by atomic mass is 10.1. The summed E-state index contributed by atoms with van der Waals surface area (Å²) in [5.41, 5.74) is 7.47. The predicted molar refractivity (Wildman–Crippen MR) is 80.0 cm³/mol. The third-order valence-electron chi connectivity index (χ3n) is 3.27. The average Bonchev–Trinajstić information content (AvgIpc) is 2.86. The molecule has 3 aromatic rings. The maximum Gasteiger partial charge on any atom is 0.247 e. The summed E-state index contributed by atoms with van der Waals surface area (Å²) in [5, 5.41) is 10.00. The fourth-order valence-electron chi connectivity index (χ4n) is 2.26. The minimum atomic E-state index is -0.162. The number of hydrogen-bond acceptors (Lipinski definition) is 4. The van der Waals surface area contributed by atoms with Gasteiger partial charge in [0.25, 0.3) is 0 Å². The highest BCUT2D eigenvalue weighted by molar-refractivity contribution is 5.86. The molecule has 21 heavy (non-hydrogen) atoms. The van der Waals surface area contributed by atoms with Crippen LogP contribution in [0.4, 0.5) is 0 Å². The molecule has 4 nitrogen and oxygen atoms in total. The van der Waals surface area contributed by atoms with Crippen molar-refractivity contribution >= 4 is 11.0 Å². The minimum absolute atomic E-state index is 0.162. The molecule has 2 aromatic carbocycles. The molecule has 0 aliphatic carbocycles. The molecule has 0 unspecified atom stereocenters. The van der Waals surface area contributed by atoms with Crippen LogP contribution in [0.2, 0.25) is 0 Å². The van der Waals surface area contributed by atoms with E-state index in [1.807, 2.05) is 55.5 Å². The SMILES string of the molecule is C[C@@H](N)c1ccccc1Oc1c(C#N)oc2ccccc12. The summed E-state index contributed by atoms with van der Waals surface area (Å²) in [6.45, 7) is 1.89. The Morgan fingerprint density at radius 2 is 1.86 bits per heavy atom. The van der Waals surface area contributed by atoms with E-state index in [0.717, 1.165) is 10.9 Å². The first kappa shape index (κ1) is 13.2. The summed E-state index contributed by atoms with van der Waals surface area (Å²) in [4.78, 5) is 0. The first-order chi connectivity index (χ1) is 10.2. The van der Waals surface area contributed by atoms with Gasteiger partial charge >= 0.3 is 0 Å². The van der Waals surface area contributed by atoms with Gasteiger partial charge in [0, 0.05) is 11.6 Å². The zero-order chi connectivity index (χ0) is 14.8. The Morgan fingerprint density at radius 3 is 2.62 bits per heavy atom. The van der Waals surface area contributed by atoms with Crippen LogP contribution in [0.25, 0.3) is 11.0 Å². The van der Waals surface area contributed by atoms with Gasteiger partial charge in [0.05, 0.1) is 5.39 Å². The number of nitrogens with two attached hydrogens (primary N) is 1. The van der Waals surface area contributed by atoms with Crippen LogP contribution in [0.5, 0.6) is 11.5 Å². The fraction of sp³-hybridized carbons (Fsp3) is 0.118. The van der Waals surface area contributed by atoms with Crippen LogP contribution in [-0.2, 0) is 0 Å². The molecule has 0 aliphatic heterocycles. The summed E-state index contributed by atoms with van der Waals surface area (Å²) in [6, 6.07) is 16.8. The number of rotatable bonds is 3. The highest BCUT2D eigenvalue weighted by atomic mass is 16.5. The largest absolute Gasteiger partial charge is 0.451 e. The molecule has 0 saturated carbocycles. The van der Waals surface area contributed by atoms with E-state index in [9.17, 15) is 5.26 Å². The second-order valence-corrected chi connectivity index (χ2v) is 4.80. The monoisotopic (exact) mass is 278 g/mol. The van der Waals surface area contributed by atoms with Gasteiger partial charge in [-0.05, 0) is 25.1 Å². The van der Waals surface area contributed by atoms with E-state index in [1.54, 1.807) is 6.07 Å². The Kier molecular flexibility index (Phi) is 3.35. The van der Waals surface area contributed by atoms with Crippen molar-refractivity contribution in [1.82, 2.24) is 0 Å². The summed E-state index contributed by atoms with van der Waals surface area (Å²) >= 11 is 0. The second-order valence-electron chi connectivity index (χ2n) is 4.80. The molecule has 0 fully saturated rings. The lowest BCUT2D eigenvalue weighted by Crippen LogP contribution is -2.06. The minimum Gasteiger partial charge on any atom is -0.451 e. The van der Waals surface area contributed by atoms with E-state index >= 15 is 0 Å². The van der Waals surface area contributed by atoms with Crippen molar-refractivity contribution in [3.63, 3.8) is 0 Å². The van der Waals surface area contributed by atoms with Crippen molar-refractivity contribution in [3.05, 3.63) is 59.9 Å². The molecule has 2 N–H and O–H groups in total. The third kappa shape index (κ3) is 2.35. The topological polar surface area (TPSA) is 72.2 Å². The smallest absolute Gasteiger partial charge is 0.247 e. The summed E-state index contributed by atoms with van der Waals surface area (Å²) in [5.74, 6) is 1.23. The summed E-state index contributed by atoms with van der Waals surface area (Å²) in [6.07, 6.45) is 0. The van der Waals surface area contributed by atoms with Crippen molar-refractivity contribution in [2.75, 3.05) is 0 Å². The normalized spacial score (nSPS) is 12.0. The van der Waals surface area contributed by atoms with Crippen LogP contribution in [0, 0.1) is 11.3 Å². The molecule has 0 saturated heterocycles. The number of ether oxygens (including phenoxy) is 1. The summed E-state index contributed by atoms with van der Waals surface area (Å²) < 4.78 is 11.5. The number of fused-ring (bicyclic) bond motifs is 1. The Bertz CT molecular complexity index is 828. The van der Waals surface area contributed by atoms with Crippen molar-refractivity contribution in [3.8, 4) is 17.6 Å². The molecule has 0 bridgehead atoms. The van der Waals surface area contributed by atoms with Crippen LogP contribution < -0.4 is 10.5 Å². The molecule has 1 aromatic heterocycles. The van der Waals surface area contributed by atoms with Gasteiger partial charge in [0.2, 0.25) is 5.76 Å². The maximum atomic E-state index is 9.23. The molecule has 0 radical (unpaired) electrons. The Labute approximate surface area is 122 Å². The number of nitrogens with zero attached hydrogens (tertiary/aromatic N) is 1.